The molecule has 2 heteroatoms. The minimum atomic E-state index is 0.414. The Labute approximate surface area is 382 Å². The van der Waals surface area contributed by atoms with E-state index in [9.17, 15) is 0 Å². The fourth-order valence-electron chi connectivity index (χ4n) is 9.91. The van der Waals surface area contributed by atoms with Gasteiger partial charge in [-0.15, -0.1) is 0 Å². The Morgan fingerprint density at radius 1 is 0.290 bits per heavy atom. The van der Waals surface area contributed by atoms with Gasteiger partial charge in [0.25, 0.3) is 0 Å². The van der Waals surface area contributed by atoms with Crippen molar-refractivity contribution < 1.29 is 0 Å². The summed E-state index contributed by atoms with van der Waals surface area (Å²) in [5.74, 6) is 1.36. The van der Waals surface area contributed by atoms with Crippen LogP contribution in [0, 0.1) is 0 Å². The lowest BCUT2D eigenvalue weighted by Gasteiger charge is -2.22. The lowest BCUT2D eigenvalue weighted by atomic mass is 9.82. The highest BCUT2D eigenvalue weighted by molar-refractivity contribution is 5.44. The second-order valence-electron chi connectivity index (χ2n) is 19.2. The molecule has 4 rings (SSSR count). The summed E-state index contributed by atoms with van der Waals surface area (Å²) >= 11 is 0. The molecule has 0 bridgehead atoms. The quantitative estimate of drug-likeness (QED) is 0.0354. The zero-order valence-corrected chi connectivity index (χ0v) is 40.3. The average molecular weight is 841 g/mol. The fraction of sp³-hybridized carbons (Fsp3) is 0.600. The van der Waals surface area contributed by atoms with E-state index in [2.05, 4.69) is 118 Å². The maximum Gasteiger partial charge on any atom is 0.0314 e. The number of hydrogen-bond donors (Lipinski definition) is 2. The van der Waals surface area contributed by atoms with E-state index in [4.69, 9.17) is 11.5 Å². The van der Waals surface area contributed by atoms with Crippen LogP contribution in [0.5, 0.6) is 0 Å². The van der Waals surface area contributed by atoms with Gasteiger partial charge in [-0.25, -0.2) is 0 Å². The molecule has 4 aromatic carbocycles. The second kappa shape index (κ2) is 32.2. The SMILES string of the molecule is CCCCCCCCCCCCC(c1ccc(N)cc1)c1ccc(CC(CCCCCCCC)c2ccc(C(CCCCCCCCCCCC)c3ccc(N)cc3)cc2)cc1. The topological polar surface area (TPSA) is 52.0 Å². The highest BCUT2D eigenvalue weighted by atomic mass is 14.5. The van der Waals surface area contributed by atoms with E-state index in [1.165, 1.54) is 220 Å². The third-order valence-corrected chi connectivity index (χ3v) is 14.0. The van der Waals surface area contributed by atoms with Crippen molar-refractivity contribution in [3.63, 3.8) is 0 Å². The van der Waals surface area contributed by atoms with E-state index in [1.807, 2.05) is 0 Å². The van der Waals surface area contributed by atoms with Crippen LogP contribution >= 0.6 is 0 Å². The van der Waals surface area contributed by atoms with Gasteiger partial charge in [0.2, 0.25) is 0 Å². The molecule has 62 heavy (non-hydrogen) atoms. The number of anilines is 2. The summed E-state index contributed by atoms with van der Waals surface area (Å²) < 4.78 is 0. The summed E-state index contributed by atoms with van der Waals surface area (Å²) in [6, 6.07) is 37.1. The summed E-state index contributed by atoms with van der Waals surface area (Å²) in [5.41, 5.74) is 22.7. The Bertz CT molecular complexity index is 1640. The predicted molar refractivity (Wildman–Crippen MR) is 276 cm³/mol. The maximum absolute atomic E-state index is 6.16. The number of nitrogens with two attached hydrogens (primary N) is 2. The van der Waals surface area contributed by atoms with Crippen LogP contribution in [0.1, 0.15) is 258 Å². The number of nitrogen functional groups attached to an aromatic ring is 2. The van der Waals surface area contributed by atoms with Crippen molar-refractivity contribution in [3.8, 4) is 0 Å². The van der Waals surface area contributed by atoms with Gasteiger partial charge >= 0.3 is 0 Å². The first kappa shape index (κ1) is 51.1. The molecule has 0 heterocycles. The Morgan fingerprint density at radius 2 is 0.548 bits per heavy atom. The molecule has 4 N–H and O–H groups in total. The summed E-state index contributed by atoms with van der Waals surface area (Å²) in [6.07, 6.45) is 40.3. The van der Waals surface area contributed by atoms with Crippen LogP contribution in [-0.2, 0) is 6.42 Å². The van der Waals surface area contributed by atoms with Gasteiger partial charge in [-0.05, 0) is 89.2 Å². The molecule has 0 spiro atoms. The van der Waals surface area contributed by atoms with Gasteiger partial charge in [0.05, 0.1) is 0 Å². The molecule has 3 unspecified atom stereocenters. The Morgan fingerprint density at radius 3 is 0.887 bits per heavy atom. The lowest BCUT2D eigenvalue weighted by Crippen LogP contribution is -2.07. The molecule has 0 aliphatic carbocycles. The molecule has 0 radical (unpaired) electrons. The van der Waals surface area contributed by atoms with Gasteiger partial charge in [0, 0.05) is 23.2 Å². The molecule has 0 saturated heterocycles. The summed E-state index contributed by atoms with van der Waals surface area (Å²) in [5, 5.41) is 0. The maximum atomic E-state index is 6.16. The molecule has 0 aliphatic heterocycles. The number of rotatable bonds is 36. The van der Waals surface area contributed by atoms with Gasteiger partial charge < -0.3 is 11.5 Å². The van der Waals surface area contributed by atoms with Crippen LogP contribution in [0.2, 0.25) is 0 Å². The Kier molecular flexibility index (Phi) is 26.5. The van der Waals surface area contributed by atoms with Crippen molar-refractivity contribution in [1.29, 1.82) is 0 Å². The molecule has 342 valence electrons. The van der Waals surface area contributed by atoms with Gasteiger partial charge in [-0.2, -0.15) is 0 Å². The third kappa shape index (κ3) is 20.3. The first-order valence-electron chi connectivity index (χ1n) is 26.4. The van der Waals surface area contributed by atoms with Crippen LogP contribution in [0.15, 0.2) is 97.1 Å². The third-order valence-electron chi connectivity index (χ3n) is 14.0. The summed E-state index contributed by atoms with van der Waals surface area (Å²) in [4.78, 5) is 0. The zero-order chi connectivity index (χ0) is 43.9. The van der Waals surface area contributed by atoms with E-state index in [-0.39, 0.29) is 0 Å². The summed E-state index contributed by atoms with van der Waals surface area (Å²) in [7, 11) is 0. The Balaban J connectivity index is 1.42. The zero-order valence-electron chi connectivity index (χ0n) is 40.3. The van der Waals surface area contributed by atoms with Crippen molar-refractivity contribution in [2.24, 2.45) is 0 Å². The van der Waals surface area contributed by atoms with E-state index >= 15 is 0 Å². The average Bonchev–Trinajstić information content (AvgIpc) is 3.29. The van der Waals surface area contributed by atoms with Crippen LogP contribution in [0.25, 0.3) is 0 Å². The van der Waals surface area contributed by atoms with Crippen molar-refractivity contribution in [3.05, 3.63) is 130 Å². The van der Waals surface area contributed by atoms with Crippen LogP contribution < -0.4 is 11.5 Å². The van der Waals surface area contributed by atoms with Gasteiger partial charge in [0.15, 0.2) is 0 Å². The normalized spacial score (nSPS) is 13.0. The molecule has 3 atom stereocenters. The second-order valence-corrected chi connectivity index (χ2v) is 19.2. The van der Waals surface area contributed by atoms with Gasteiger partial charge in [-0.1, -0.05) is 261 Å². The van der Waals surface area contributed by atoms with Crippen molar-refractivity contribution in [2.45, 2.75) is 231 Å². The largest absolute Gasteiger partial charge is 0.399 e. The number of unbranched alkanes of at least 4 members (excludes halogenated alkanes) is 23. The van der Waals surface area contributed by atoms with Crippen LogP contribution in [0.3, 0.4) is 0 Å². The fourth-order valence-corrected chi connectivity index (χ4v) is 9.91. The number of benzene rings is 4. The highest BCUT2D eigenvalue weighted by Crippen LogP contribution is 2.35. The minimum absolute atomic E-state index is 0.414. The smallest absolute Gasteiger partial charge is 0.0314 e. The van der Waals surface area contributed by atoms with Crippen LogP contribution in [0.4, 0.5) is 11.4 Å². The monoisotopic (exact) mass is 841 g/mol. The first-order valence-corrected chi connectivity index (χ1v) is 26.4. The molecule has 4 aromatic rings. The standard InChI is InChI=1S/C60H92N2/c1-4-7-10-13-16-18-20-22-25-28-31-59(54-41-45-57(61)46-42-54)52-35-33-50(34-36-52)49-56(30-27-24-15-12-9-6-3)51-37-39-53(40-38-51)60(55-43-47-58(62)48-44-55)32-29-26-23-21-19-17-14-11-8-5-2/h33-48,56,59-60H,4-32,49,61-62H2,1-3H3. The lowest BCUT2D eigenvalue weighted by molar-refractivity contribution is 0.534. The van der Waals surface area contributed by atoms with E-state index < -0.39 is 0 Å². The van der Waals surface area contributed by atoms with Gasteiger partial charge in [0.1, 0.15) is 0 Å². The highest BCUT2D eigenvalue weighted by Gasteiger charge is 2.19. The van der Waals surface area contributed by atoms with Crippen molar-refractivity contribution in [2.75, 3.05) is 11.5 Å². The minimum Gasteiger partial charge on any atom is -0.399 e. The number of hydrogen-bond acceptors (Lipinski definition) is 2. The van der Waals surface area contributed by atoms with Crippen molar-refractivity contribution >= 4 is 11.4 Å². The predicted octanol–water partition coefficient (Wildman–Crippen LogP) is 18.8. The van der Waals surface area contributed by atoms with Crippen LogP contribution in [-0.4, -0.2) is 0 Å². The van der Waals surface area contributed by atoms with Crippen molar-refractivity contribution in [1.82, 2.24) is 0 Å². The Hall–Kier alpha value is -3.52. The van der Waals surface area contributed by atoms with E-state index in [1.54, 1.807) is 0 Å². The van der Waals surface area contributed by atoms with E-state index in [0.29, 0.717) is 17.8 Å². The first-order chi connectivity index (χ1) is 30.5. The molecular weight excluding hydrogens is 749 g/mol. The molecule has 0 saturated carbocycles. The van der Waals surface area contributed by atoms with Gasteiger partial charge in [-0.3, -0.25) is 0 Å². The molecule has 0 aliphatic rings. The molecule has 0 amide bonds. The molecular formula is C60H92N2. The molecule has 0 fully saturated rings. The van der Waals surface area contributed by atoms with E-state index in [0.717, 1.165) is 17.8 Å². The molecule has 0 aromatic heterocycles. The summed E-state index contributed by atoms with van der Waals surface area (Å²) in [6.45, 7) is 6.92. The molecule has 2 nitrogen and oxygen atoms in total.